The molecule has 1 aliphatic rings. The lowest BCUT2D eigenvalue weighted by Crippen LogP contribution is -2.48. The van der Waals surface area contributed by atoms with Crippen LogP contribution >= 0.6 is 11.8 Å². The van der Waals surface area contributed by atoms with Gasteiger partial charge in [0.25, 0.3) is 0 Å². The molecule has 1 aromatic carbocycles. The predicted octanol–water partition coefficient (Wildman–Crippen LogP) is 3.47. The maximum absolute atomic E-state index is 12.7. The fraction of sp³-hybridized carbons (Fsp3) is 0.526. The van der Waals surface area contributed by atoms with Crippen LogP contribution in [0.15, 0.2) is 18.2 Å². The first-order valence-corrected chi connectivity index (χ1v) is 9.50. The first-order chi connectivity index (χ1) is 12.0. The number of rotatable bonds is 6. The number of amides is 1. The minimum absolute atomic E-state index is 0.0488. The minimum atomic E-state index is 0.0488. The molecule has 0 saturated carbocycles. The number of thioether (sulfide) groups is 1. The van der Waals surface area contributed by atoms with Crippen LogP contribution in [0.4, 0.5) is 0 Å². The highest BCUT2D eigenvalue weighted by molar-refractivity contribution is 8.00. The number of ether oxygens (including phenoxy) is 3. The Labute approximate surface area is 154 Å². The van der Waals surface area contributed by atoms with Gasteiger partial charge >= 0.3 is 0 Å². The zero-order valence-corrected chi connectivity index (χ0v) is 16.4. The molecule has 0 radical (unpaired) electrons. The number of hydrogen-bond donors (Lipinski definition) is 0. The minimum Gasteiger partial charge on any atom is -0.493 e. The lowest BCUT2D eigenvalue weighted by Gasteiger charge is -2.38. The first kappa shape index (κ1) is 19.5. The number of nitrogens with zero attached hydrogens (tertiary/aromatic N) is 1. The van der Waals surface area contributed by atoms with Crippen molar-refractivity contribution in [2.24, 2.45) is 0 Å². The Hall–Kier alpha value is -1.82. The van der Waals surface area contributed by atoms with E-state index >= 15 is 0 Å². The van der Waals surface area contributed by atoms with Gasteiger partial charge in [-0.25, -0.2) is 0 Å². The van der Waals surface area contributed by atoms with Gasteiger partial charge in [0.2, 0.25) is 11.7 Å². The topological polar surface area (TPSA) is 48.0 Å². The van der Waals surface area contributed by atoms with Gasteiger partial charge in [0, 0.05) is 29.7 Å². The summed E-state index contributed by atoms with van der Waals surface area (Å²) < 4.78 is 16.0. The molecule has 0 aliphatic carbocycles. The van der Waals surface area contributed by atoms with Gasteiger partial charge in [-0.05, 0) is 30.2 Å². The van der Waals surface area contributed by atoms with E-state index in [1.807, 2.05) is 28.8 Å². The zero-order chi connectivity index (χ0) is 18.4. The predicted molar refractivity (Wildman–Crippen MR) is 103 cm³/mol. The molecule has 0 aromatic heterocycles. The summed E-state index contributed by atoms with van der Waals surface area (Å²) in [6.45, 7) is 5.13. The summed E-state index contributed by atoms with van der Waals surface area (Å²) in [5.41, 5.74) is 0.829. The number of benzene rings is 1. The van der Waals surface area contributed by atoms with Gasteiger partial charge in [0.1, 0.15) is 0 Å². The Morgan fingerprint density at radius 3 is 2.40 bits per heavy atom. The molecular formula is C19H27NO4S. The fourth-order valence-corrected chi connectivity index (χ4v) is 4.39. The van der Waals surface area contributed by atoms with Gasteiger partial charge < -0.3 is 19.1 Å². The molecule has 1 amide bonds. The van der Waals surface area contributed by atoms with E-state index in [9.17, 15) is 4.79 Å². The summed E-state index contributed by atoms with van der Waals surface area (Å²) in [6, 6.07) is 3.95. The molecule has 25 heavy (non-hydrogen) atoms. The number of methoxy groups -OCH3 is 3. The van der Waals surface area contributed by atoms with Crippen LogP contribution in [-0.4, -0.2) is 55.7 Å². The maximum Gasteiger partial charge on any atom is 0.246 e. The fourth-order valence-electron chi connectivity index (χ4n) is 3.15. The molecule has 1 heterocycles. The molecule has 1 fully saturated rings. The van der Waals surface area contributed by atoms with Gasteiger partial charge in [-0.15, -0.1) is 0 Å². The van der Waals surface area contributed by atoms with Crippen LogP contribution in [0.2, 0.25) is 0 Å². The molecule has 1 saturated heterocycles. The second kappa shape index (κ2) is 9.04. The van der Waals surface area contributed by atoms with Crippen LogP contribution in [0.5, 0.6) is 17.2 Å². The zero-order valence-electron chi connectivity index (χ0n) is 15.6. The van der Waals surface area contributed by atoms with Crippen LogP contribution in [-0.2, 0) is 4.79 Å². The third-order valence-corrected chi connectivity index (χ3v) is 5.72. The van der Waals surface area contributed by atoms with Crippen LogP contribution in [0.1, 0.15) is 25.8 Å². The molecular weight excluding hydrogens is 338 g/mol. The van der Waals surface area contributed by atoms with E-state index in [2.05, 4.69) is 13.8 Å². The van der Waals surface area contributed by atoms with Crippen LogP contribution in [0, 0.1) is 0 Å². The second-order valence-corrected chi connectivity index (χ2v) is 7.36. The molecule has 138 valence electrons. The number of hydrogen-bond acceptors (Lipinski definition) is 5. The molecule has 5 nitrogen and oxygen atoms in total. The largest absolute Gasteiger partial charge is 0.493 e. The normalized spacial score (nSPS) is 20.6. The summed E-state index contributed by atoms with van der Waals surface area (Å²) in [4.78, 5) is 14.6. The van der Waals surface area contributed by atoms with E-state index in [0.717, 1.165) is 24.3 Å². The van der Waals surface area contributed by atoms with Crippen molar-refractivity contribution in [3.05, 3.63) is 23.8 Å². The summed E-state index contributed by atoms with van der Waals surface area (Å²) in [5, 5.41) is 0.470. The van der Waals surface area contributed by atoms with Crippen LogP contribution in [0.25, 0.3) is 6.08 Å². The molecule has 0 bridgehead atoms. The molecule has 2 atom stereocenters. The van der Waals surface area contributed by atoms with E-state index in [1.54, 1.807) is 33.5 Å². The Morgan fingerprint density at radius 2 is 1.88 bits per heavy atom. The highest BCUT2D eigenvalue weighted by atomic mass is 32.2. The SMILES string of the molecule is CCC1C(C)SCCN1C(=O)/C=C/c1cc(OC)c(OC)c(OC)c1. The molecule has 0 N–H and O–H groups in total. The lowest BCUT2D eigenvalue weighted by atomic mass is 10.1. The van der Waals surface area contributed by atoms with Crippen molar-refractivity contribution >= 4 is 23.7 Å². The number of carbonyl (C=O) groups excluding carboxylic acids is 1. The van der Waals surface area contributed by atoms with Crippen molar-refractivity contribution in [3.8, 4) is 17.2 Å². The summed E-state index contributed by atoms with van der Waals surface area (Å²) in [6.07, 6.45) is 4.40. The molecule has 2 rings (SSSR count). The van der Waals surface area contributed by atoms with Crippen molar-refractivity contribution in [2.75, 3.05) is 33.6 Å². The molecule has 1 aromatic rings. The van der Waals surface area contributed by atoms with Gasteiger partial charge in [0.05, 0.1) is 21.3 Å². The van der Waals surface area contributed by atoms with E-state index in [1.165, 1.54) is 0 Å². The highest BCUT2D eigenvalue weighted by Crippen LogP contribution is 2.38. The van der Waals surface area contributed by atoms with Crippen LogP contribution < -0.4 is 14.2 Å². The standard InChI is InChI=1S/C19H27NO4S/c1-6-15-13(2)25-10-9-20(15)18(21)8-7-14-11-16(22-3)19(24-5)17(12-14)23-4/h7-8,11-13,15H,6,9-10H2,1-5H3/b8-7+. The van der Waals surface area contributed by atoms with Crippen molar-refractivity contribution in [3.63, 3.8) is 0 Å². The van der Waals surface area contributed by atoms with Gasteiger partial charge in [0.15, 0.2) is 11.5 Å². The van der Waals surface area contributed by atoms with E-state index in [4.69, 9.17) is 14.2 Å². The first-order valence-electron chi connectivity index (χ1n) is 8.46. The second-order valence-electron chi connectivity index (χ2n) is 5.88. The van der Waals surface area contributed by atoms with Crippen molar-refractivity contribution in [1.29, 1.82) is 0 Å². The smallest absolute Gasteiger partial charge is 0.246 e. The van der Waals surface area contributed by atoms with Crippen molar-refractivity contribution < 1.29 is 19.0 Å². The summed E-state index contributed by atoms with van der Waals surface area (Å²) >= 11 is 1.94. The van der Waals surface area contributed by atoms with Crippen LogP contribution in [0.3, 0.4) is 0 Å². The third-order valence-electron chi connectivity index (χ3n) is 4.46. The van der Waals surface area contributed by atoms with Gasteiger partial charge in [-0.3, -0.25) is 4.79 Å². The average molecular weight is 365 g/mol. The monoisotopic (exact) mass is 365 g/mol. The quantitative estimate of drug-likeness (QED) is 0.723. The number of carbonyl (C=O) groups is 1. The van der Waals surface area contributed by atoms with E-state index < -0.39 is 0 Å². The summed E-state index contributed by atoms with van der Waals surface area (Å²) in [5.74, 6) is 2.72. The Balaban J connectivity index is 2.21. The maximum atomic E-state index is 12.7. The molecule has 2 unspecified atom stereocenters. The Kier molecular flexibility index (Phi) is 7.05. The molecule has 0 spiro atoms. The molecule has 1 aliphatic heterocycles. The average Bonchev–Trinajstić information content (AvgIpc) is 2.64. The van der Waals surface area contributed by atoms with Crippen molar-refractivity contribution in [1.82, 2.24) is 4.90 Å². The highest BCUT2D eigenvalue weighted by Gasteiger charge is 2.29. The van der Waals surface area contributed by atoms with Gasteiger partial charge in [-0.2, -0.15) is 11.8 Å². The third kappa shape index (κ3) is 4.42. The lowest BCUT2D eigenvalue weighted by molar-refractivity contribution is -0.128. The van der Waals surface area contributed by atoms with E-state index in [0.29, 0.717) is 22.5 Å². The Morgan fingerprint density at radius 1 is 1.24 bits per heavy atom. The molecule has 6 heteroatoms. The van der Waals surface area contributed by atoms with Gasteiger partial charge in [-0.1, -0.05) is 13.8 Å². The Bertz CT molecular complexity index is 607. The van der Waals surface area contributed by atoms with Crippen molar-refractivity contribution in [2.45, 2.75) is 31.6 Å². The van der Waals surface area contributed by atoms with E-state index in [-0.39, 0.29) is 11.9 Å². The summed E-state index contributed by atoms with van der Waals surface area (Å²) in [7, 11) is 4.73.